The molecule has 4 heteroatoms. The molecule has 0 saturated heterocycles. The zero-order valence-electron chi connectivity index (χ0n) is 11.4. The van der Waals surface area contributed by atoms with E-state index in [1.165, 1.54) is 12.0 Å². The normalized spacial score (nSPS) is 22.0. The molecule has 1 aromatic carbocycles. The van der Waals surface area contributed by atoms with Crippen molar-refractivity contribution in [3.05, 3.63) is 29.3 Å². The van der Waals surface area contributed by atoms with Gasteiger partial charge in [0.15, 0.2) is 0 Å². The second-order valence-electron chi connectivity index (χ2n) is 5.51. The maximum Gasteiger partial charge on any atom is 0.127 e. The Labute approximate surface area is 114 Å². The van der Waals surface area contributed by atoms with Gasteiger partial charge in [-0.25, -0.2) is 5.43 Å². The highest BCUT2D eigenvalue weighted by Crippen LogP contribution is 2.47. The van der Waals surface area contributed by atoms with Crippen molar-refractivity contribution in [2.24, 2.45) is 5.84 Å². The molecule has 104 valence electrons. The third-order valence-corrected chi connectivity index (χ3v) is 4.57. The van der Waals surface area contributed by atoms with Gasteiger partial charge in [-0.05, 0) is 37.7 Å². The number of hydrazine groups is 1. The molecule has 1 heterocycles. The molecular weight excluding hydrogens is 240 g/mol. The van der Waals surface area contributed by atoms with Crippen molar-refractivity contribution >= 4 is 0 Å². The number of hydrogen-bond acceptors (Lipinski definition) is 4. The van der Waals surface area contributed by atoms with Gasteiger partial charge in [0.2, 0.25) is 0 Å². The first-order valence-corrected chi connectivity index (χ1v) is 7.06. The van der Waals surface area contributed by atoms with Gasteiger partial charge in [0.1, 0.15) is 5.75 Å². The first kappa shape index (κ1) is 12.9. The lowest BCUT2D eigenvalue weighted by Gasteiger charge is -2.46. The molecule has 1 atom stereocenters. The van der Waals surface area contributed by atoms with Gasteiger partial charge in [-0.15, -0.1) is 0 Å². The Hall–Kier alpha value is -1.10. The van der Waals surface area contributed by atoms with E-state index in [0.717, 1.165) is 43.6 Å². The lowest BCUT2D eigenvalue weighted by molar-refractivity contribution is -0.100. The second-order valence-corrected chi connectivity index (χ2v) is 5.51. The summed E-state index contributed by atoms with van der Waals surface area (Å²) in [7, 11) is 1.78. The van der Waals surface area contributed by atoms with E-state index >= 15 is 0 Å². The summed E-state index contributed by atoms with van der Waals surface area (Å²) in [6.07, 6.45) is 5.46. The summed E-state index contributed by atoms with van der Waals surface area (Å²) in [6.45, 7) is 0.793. The zero-order valence-corrected chi connectivity index (χ0v) is 11.4. The summed E-state index contributed by atoms with van der Waals surface area (Å²) in [6, 6.07) is 6.34. The Morgan fingerprint density at radius 3 is 2.84 bits per heavy atom. The standard InChI is InChI=1S/C15H22N2O2/c1-18-15(8-4-9-15)14(17-16)12-7-2-5-11-6-3-10-19-13(11)12/h2,5,7,14,17H,3-4,6,8-10,16H2,1H3. The number of para-hydroxylation sites is 1. The molecule has 2 aliphatic rings. The van der Waals surface area contributed by atoms with Gasteiger partial charge in [-0.1, -0.05) is 18.2 Å². The fraction of sp³-hybridized carbons (Fsp3) is 0.600. The van der Waals surface area contributed by atoms with Crippen LogP contribution in [0.3, 0.4) is 0 Å². The van der Waals surface area contributed by atoms with Crippen LogP contribution in [0, 0.1) is 0 Å². The van der Waals surface area contributed by atoms with E-state index in [1.807, 2.05) is 0 Å². The van der Waals surface area contributed by atoms with Crippen LogP contribution in [0.2, 0.25) is 0 Å². The van der Waals surface area contributed by atoms with E-state index in [9.17, 15) is 0 Å². The average molecular weight is 262 g/mol. The molecule has 4 nitrogen and oxygen atoms in total. The molecule has 1 aliphatic carbocycles. The molecule has 1 fully saturated rings. The number of benzene rings is 1. The van der Waals surface area contributed by atoms with Crippen molar-refractivity contribution < 1.29 is 9.47 Å². The molecule has 0 spiro atoms. The third-order valence-electron chi connectivity index (χ3n) is 4.57. The Balaban J connectivity index is 2.00. The third kappa shape index (κ3) is 2.04. The molecule has 0 radical (unpaired) electrons. The number of nitrogens with one attached hydrogen (secondary N) is 1. The lowest BCUT2D eigenvalue weighted by atomic mass is 9.72. The molecule has 1 aromatic rings. The monoisotopic (exact) mass is 262 g/mol. The molecule has 1 unspecified atom stereocenters. The molecule has 1 saturated carbocycles. The second kappa shape index (κ2) is 5.12. The topological polar surface area (TPSA) is 56.5 Å². The highest BCUT2D eigenvalue weighted by Gasteiger charge is 2.46. The van der Waals surface area contributed by atoms with Crippen molar-refractivity contribution in [1.29, 1.82) is 0 Å². The number of rotatable bonds is 4. The van der Waals surface area contributed by atoms with E-state index in [2.05, 4.69) is 23.6 Å². The maximum absolute atomic E-state index is 5.89. The van der Waals surface area contributed by atoms with Crippen LogP contribution in [0.1, 0.15) is 42.9 Å². The molecule has 0 bridgehead atoms. The first-order chi connectivity index (χ1) is 9.30. The van der Waals surface area contributed by atoms with Gasteiger partial charge in [0, 0.05) is 12.7 Å². The van der Waals surface area contributed by atoms with Crippen LogP contribution in [0.15, 0.2) is 18.2 Å². The number of hydrogen-bond donors (Lipinski definition) is 2. The molecule has 0 amide bonds. The summed E-state index contributed by atoms with van der Waals surface area (Å²) in [5.74, 6) is 6.84. The smallest absolute Gasteiger partial charge is 0.127 e. The van der Waals surface area contributed by atoms with Gasteiger partial charge in [0.05, 0.1) is 18.2 Å². The molecule has 3 N–H and O–H groups in total. The number of fused-ring (bicyclic) bond motifs is 1. The summed E-state index contributed by atoms with van der Waals surface area (Å²) in [4.78, 5) is 0. The van der Waals surface area contributed by atoms with E-state index in [1.54, 1.807) is 7.11 Å². The van der Waals surface area contributed by atoms with Crippen molar-refractivity contribution in [2.75, 3.05) is 13.7 Å². The summed E-state index contributed by atoms with van der Waals surface area (Å²) < 4.78 is 11.7. The summed E-state index contributed by atoms with van der Waals surface area (Å²) in [5.41, 5.74) is 5.21. The van der Waals surface area contributed by atoms with Crippen LogP contribution < -0.4 is 16.0 Å². The first-order valence-electron chi connectivity index (χ1n) is 7.06. The van der Waals surface area contributed by atoms with E-state index < -0.39 is 0 Å². The maximum atomic E-state index is 5.89. The Morgan fingerprint density at radius 2 is 2.21 bits per heavy atom. The largest absolute Gasteiger partial charge is 0.493 e. The molecule has 3 rings (SSSR count). The highest BCUT2D eigenvalue weighted by atomic mass is 16.5. The van der Waals surface area contributed by atoms with Gasteiger partial charge >= 0.3 is 0 Å². The number of ether oxygens (including phenoxy) is 2. The van der Waals surface area contributed by atoms with Crippen LogP contribution in [0.4, 0.5) is 0 Å². The molecule has 19 heavy (non-hydrogen) atoms. The van der Waals surface area contributed by atoms with Crippen molar-refractivity contribution in [2.45, 2.75) is 43.7 Å². The highest BCUT2D eigenvalue weighted by molar-refractivity contribution is 5.45. The van der Waals surface area contributed by atoms with Crippen LogP contribution in [0.5, 0.6) is 5.75 Å². The van der Waals surface area contributed by atoms with Gasteiger partial charge in [0.25, 0.3) is 0 Å². The number of methoxy groups -OCH3 is 1. The van der Waals surface area contributed by atoms with Crippen LogP contribution >= 0.6 is 0 Å². The Kier molecular flexibility index (Phi) is 3.48. The average Bonchev–Trinajstić information content (AvgIpc) is 2.42. The summed E-state index contributed by atoms with van der Waals surface area (Å²) in [5, 5.41) is 0. The predicted octanol–water partition coefficient (Wildman–Crippen LogP) is 2.09. The minimum absolute atomic E-state index is 0.000648. The van der Waals surface area contributed by atoms with Crippen LogP contribution in [-0.2, 0) is 11.2 Å². The van der Waals surface area contributed by atoms with Gasteiger partial charge < -0.3 is 9.47 Å². The van der Waals surface area contributed by atoms with E-state index in [0.29, 0.717) is 0 Å². The minimum Gasteiger partial charge on any atom is -0.493 e. The van der Waals surface area contributed by atoms with Crippen LogP contribution in [0.25, 0.3) is 0 Å². The van der Waals surface area contributed by atoms with Crippen molar-refractivity contribution in [1.82, 2.24) is 5.43 Å². The van der Waals surface area contributed by atoms with E-state index in [-0.39, 0.29) is 11.6 Å². The zero-order chi connectivity index (χ0) is 13.3. The minimum atomic E-state index is -0.176. The number of aryl methyl sites for hydroxylation is 1. The predicted molar refractivity (Wildman–Crippen MR) is 73.9 cm³/mol. The van der Waals surface area contributed by atoms with Crippen LogP contribution in [-0.4, -0.2) is 19.3 Å². The van der Waals surface area contributed by atoms with Crippen molar-refractivity contribution in [3.8, 4) is 5.75 Å². The van der Waals surface area contributed by atoms with E-state index in [4.69, 9.17) is 15.3 Å². The number of nitrogens with two attached hydrogens (primary N) is 1. The molecule has 1 aliphatic heterocycles. The fourth-order valence-electron chi connectivity index (χ4n) is 3.30. The van der Waals surface area contributed by atoms with Gasteiger partial charge in [-0.3, -0.25) is 5.84 Å². The molecule has 0 aromatic heterocycles. The molecular formula is C15H22N2O2. The fourth-order valence-corrected chi connectivity index (χ4v) is 3.30. The van der Waals surface area contributed by atoms with Gasteiger partial charge in [-0.2, -0.15) is 0 Å². The quantitative estimate of drug-likeness (QED) is 0.644. The summed E-state index contributed by atoms with van der Waals surface area (Å²) >= 11 is 0. The SMILES string of the molecule is COC1(C(NN)c2cccc3c2OCCC3)CCC1. The Morgan fingerprint density at radius 1 is 1.37 bits per heavy atom. The van der Waals surface area contributed by atoms with Crippen molar-refractivity contribution in [3.63, 3.8) is 0 Å². The lowest BCUT2D eigenvalue weighted by Crippen LogP contribution is -2.52. The Bertz CT molecular complexity index is 452.